The van der Waals surface area contributed by atoms with E-state index in [0.717, 1.165) is 31.2 Å². The van der Waals surface area contributed by atoms with Gasteiger partial charge >= 0.3 is 0 Å². The van der Waals surface area contributed by atoms with Crippen LogP contribution in [0, 0.1) is 5.41 Å². The van der Waals surface area contributed by atoms with Crippen molar-refractivity contribution in [1.29, 1.82) is 0 Å². The second kappa shape index (κ2) is 2.57. The topological polar surface area (TPSA) is 30.0 Å². The van der Waals surface area contributed by atoms with Gasteiger partial charge < -0.3 is 0 Å². The molecule has 14 heavy (non-hydrogen) atoms. The van der Waals surface area contributed by atoms with Crippen molar-refractivity contribution in [2.45, 2.75) is 25.7 Å². The molecule has 0 bridgehead atoms. The summed E-state index contributed by atoms with van der Waals surface area (Å²) in [5, 5.41) is 0.426. The summed E-state index contributed by atoms with van der Waals surface area (Å²) in [5.41, 5.74) is 1.66. The molecule has 0 amide bonds. The Bertz CT molecular complexity index is 423. The van der Waals surface area contributed by atoms with Gasteiger partial charge in [0, 0.05) is 5.41 Å². The number of fused-ring (bicyclic) bond motifs is 1. The van der Waals surface area contributed by atoms with Crippen molar-refractivity contribution in [3.05, 3.63) is 28.5 Å². The normalized spacial score (nSPS) is 22.2. The van der Waals surface area contributed by atoms with Crippen molar-refractivity contribution < 1.29 is 4.79 Å². The largest absolute Gasteiger partial charge is 0.292 e. The first-order valence-corrected chi connectivity index (χ1v) is 5.29. The SMILES string of the molecule is O=C1c2nc(Cl)ccc2CCC12CC2. The zero-order chi connectivity index (χ0) is 9.76. The predicted molar refractivity (Wildman–Crippen MR) is 53.6 cm³/mol. The molecule has 1 aromatic heterocycles. The van der Waals surface area contributed by atoms with Gasteiger partial charge in [-0.05, 0) is 37.3 Å². The highest BCUT2D eigenvalue weighted by Crippen LogP contribution is 2.54. The molecule has 0 unspecified atom stereocenters. The first kappa shape index (κ1) is 8.42. The number of hydrogen-bond donors (Lipinski definition) is 0. The van der Waals surface area contributed by atoms with Crippen molar-refractivity contribution in [3.8, 4) is 0 Å². The molecule has 72 valence electrons. The minimum Gasteiger partial charge on any atom is -0.292 e. The summed E-state index contributed by atoms with van der Waals surface area (Å²) in [6.45, 7) is 0. The summed E-state index contributed by atoms with van der Waals surface area (Å²) in [7, 11) is 0. The zero-order valence-electron chi connectivity index (χ0n) is 7.72. The molecule has 1 fully saturated rings. The number of nitrogens with zero attached hydrogens (tertiary/aromatic N) is 1. The first-order valence-electron chi connectivity index (χ1n) is 4.92. The van der Waals surface area contributed by atoms with Crippen LogP contribution in [0.25, 0.3) is 0 Å². The molecule has 2 aliphatic carbocycles. The highest BCUT2D eigenvalue weighted by Gasteiger charge is 2.52. The Hall–Kier alpha value is -0.890. The fourth-order valence-corrected chi connectivity index (χ4v) is 2.38. The maximum Gasteiger partial charge on any atom is 0.187 e. The number of ketones is 1. The molecule has 0 radical (unpaired) electrons. The Labute approximate surface area is 87.3 Å². The van der Waals surface area contributed by atoms with Gasteiger partial charge in [-0.2, -0.15) is 0 Å². The van der Waals surface area contributed by atoms with Crippen molar-refractivity contribution in [3.63, 3.8) is 0 Å². The molecule has 2 aliphatic rings. The number of carbonyl (C=O) groups excluding carboxylic acids is 1. The van der Waals surface area contributed by atoms with Gasteiger partial charge in [0.25, 0.3) is 0 Å². The lowest BCUT2D eigenvalue weighted by Gasteiger charge is -2.21. The minimum atomic E-state index is -0.0370. The Morgan fingerprint density at radius 3 is 2.79 bits per heavy atom. The highest BCUT2D eigenvalue weighted by molar-refractivity contribution is 6.29. The lowest BCUT2D eigenvalue weighted by Crippen LogP contribution is -2.25. The number of hydrogen-bond acceptors (Lipinski definition) is 2. The number of aryl methyl sites for hydroxylation is 1. The minimum absolute atomic E-state index is 0.0370. The molecule has 0 saturated heterocycles. The summed E-state index contributed by atoms with van der Waals surface area (Å²) in [6.07, 6.45) is 4.06. The van der Waals surface area contributed by atoms with E-state index in [1.165, 1.54) is 0 Å². The molecule has 0 aromatic carbocycles. The third-order valence-corrected chi connectivity index (χ3v) is 3.58. The van der Waals surface area contributed by atoms with Crippen LogP contribution in [0.3, 0.4) is 0 Å². The number of Topliss-reactive ketones (excluding diaryl/α,β-unsaturated/α-hetero) is 1. The van der Waals surface area contributed by atoms with Gasteiger partial charge in [-0.1, -0.05) is 17.7 Å². The summed E-state index contributed by atoms with van der Waals surface area (Å²) in [5.74, 6) is 0.223. The van der Waals surface area contributed by atoms with E-state index >= 15 is 0 Å². The van der Waals surface area contributed by atoms with Crippen molar-refractivity contribution in [2.75, 3.05) is 0 Å². The smallest absolute Gasteiger partial charge is 0.187 e. The standard InChI is InChI=1S/C11H10ClNO/c12-8-2-1-7-3-4-11(5-6-11)10(14)9(7)13-8/h1-2H,3-6H2. The van der Waals surface area contributed by atoms with E-state index in [1.807, 2.05) is 6.07 Å². The maximum atomic E-state index is 12.0. The van der Waals surface area contributed by atoms with E-state index in [4.69, 9.17) is 11.6 Å². The van der Waals surface area contributed by atoms with Gasteiger partial charge in [0.05, 0.1) is 0 Å². The van der Waals surface area contributed by atoms with Crippen molar-refractivity contribution in [1.82, 2.24) is 4.98 Å². The molecule has 0 atom stereocenters. The molecular weight excluding hydrogens is 198 g/mol. The van der Waals surface area contributed by atoms with Crippen molar-refractivity contribution >= 4 is 17.4 Å². The van der Waals surface area contributed by atoms with E-state index < -0.39 is 0 Å². The fraction of sp³-hybridized carbons (Fsp3) is 0.455. The summed E-state index contributed by atoms with van der Waals surface area (Å²) in [6, 6.07) is 3.69. The van der Waals surface area contributed by atoms with Gasteiger partial charge in [0.15, 0.2) is 5.78 Å². The molecular formula is C11H10ClNO. The summed E-state index contributed by atoms with van der Waals surface area (Å²) in [4.78, 5) is 16.2. The zero-order valence-corrected chi connectivity index (χ0v) is 8.47. The number of carbonyl (C=O) groups is 1. The van der Waals surface area contributed by atoms with Crippen LogP contribution in [-0.2, 0) is 6.42 Å². The second-order valence-corrected chi connectivity index (χ2v) is 4.64. The van der Waals surface area contributed by atoms with E-state index in [9.17, 15) is 4.79 Å². The van der Waals surface area contributed by atoms with Crippen LogP contribution < -0.4 is 0 Å². The van der Waals surface area contributed by atoms with Gasteiger partial charge in [0.1, 0.15) is 10.8 Å². The monoisotopic (exact) mass is 207 g/mol. The van der Waals surface area contributed by atoms with Gasteiger partial charge in [-0.3, -0.25) is 4.79 Å². The highest BCUT2D eigenvalue weighted by atomic mass is 35.5. The molecule has 1 saturated carbocycles. The molecule has 3 rings (SSSR count). The Morgan fingerprint density at radius 1 is 1.29 bits per heavy atom. The fourth-order valence-electron chi connectivity index (χ4n) is 2.23. The van der Waals surface area contributed by atoms with Gasteiger partial charge in [0.2, 0.25) is 0 Å². The Kier molecular flexibility index (Phi) is 1.55. The number of pyridine rings is 1. The molecule has 0 N–H and O–H groups in total. The third-order valence-electron chi connectivity index (χ3n) is 3.37. The van der Waals surface area contributed by atoms with Crippen LogP contribution in [0.15, 0.2) is 12.1 Å². The van der Waals surface area contributed by atoms with E-state index in [-0.39, 0.29) is 11.2 Å². The molecule has 1 aromatic rings. The second-order valence-electron chi connectivity index (χ2n) is 4.25. The molecule has 1 spiro atoms. The Morgan fingerprint density at radius 2 is 2.07 bits per heavy atom. The van der Waals surface area contributed by atoms with Crippen LogP contribution in [0.4, 0.5) is 0 Å². The van der Waals surface area contributed by atoms with Crippen LogP contribution >= 0.6 is 11.6 Å². The van der Waals surface area contributed by atoms with E-state index in [0.29, 0.717) is 10.8 Å². The van der Waals surface area contributed by atoms with Crippen LogP contribution in [0.5, 0.6) is 0 Å². The average molecular weight is 208 g/mol. The molecule has 3 heteroatoms. The lowest BCUT2D eigenvalue weighted by molar-refractivity contribution is 0.0874. The molecule has 0 aliphatic heterocycles. The molecule has 1 heterocycles. The number of rotatable bonds is 0. The van der Waals surface area contributed by atoms with Gasteiger partial charge in [-0.25, -0.2) is 4.98 Å². The third kappa shape index (κ3) is 1.04. The van der Waals surface area contributed by atoms with E-state index in [1.54, 1.807) is 6.07 Å². The number of aromatic nitrogens is 1. The number of halogens is 1. The van der Waals surface area contributed by atoms with Crippen LogP contribution in [0.1, 0.15) is 35.3 Å². The first-order chi connectivity index (χ1) is 6.71. The van der Waals surface area contributed by atoms with Gasteiger partial charge in [-0.15, -0.1) is 0 Å². The quantitative estimate of drug-likeness (QED) is 0.613. The van der Waals surface area contributed by atoms with Crippen LogP contribution in [0.2, 0.25) is 5.15 Å². The van der Waals surface area contributed by atoms with E-state index in [2.05, 4.69) is 4.98 Å². The van der Waals surface area contributed by atoms with Crippen molar-refractivity contribution in [2.24, 2.45) is 5.41 Å². The summed E-state index contributed by atoms with van der Waals surface area (Å²) >= 11 is 5.79. The predicted octanol–water partition coefficient (Wildman–Crippen LogP) is 2.64. The lowest BCUT2D eigenvalue weighted by atomic mass is 9.83. The Balaban J connectivity index is 2.13. The summed E-state index contributed by atoms with van der Waals surface area (Å²) < 4.78 is 0. The molecule has 2 nitrogen and oxygen atoms in total. The maximum absolute atomic E-state index is 12.0. The van der Waals surface area contributed by atoms with Crippen LogP contribution in [-0.4, -0.2) is 10.8 Å². The average Bonchev–Trinajstić information content (AvgIpc) is 2.94.